The quantitative estimate of drug-likeness (QED) is 0.705. The lowest BCUT2D eigenvalue weighted by atomic mass is 9.89. The van der Waals surface area contributed by atoms with Crippen LogP contribution in [0.1, 0.15) is 40.5 Å². The zero-order valence-electron chi connectivity index (χ0n) is 14.7. The lowest BCUT2D eigenvalue weighted by molar-refractivity contribution is -0.0110. The summed E-state index contributed by atoms with van der Waals surface area (Å²) in [6, 6.07) is 0.500. The molecule has 0 bridgehead atoms. The van der Waals surface area contributed by atoms with Gasteiger partial charge in [0, 0.05) is 39.4 Å². The maximum Gasteiger partial charge on any atom is 0.410 e. The lowest BCUT2D eigenvalue weighted by Gasteiger charge is -2.36. The summed E-state index contributed by atoms with van der Waals surface area (Å²) < 4.78 is 16.0. The minimum Gasteiger partial charge on any atom is -0.444 e. The Bertz CT molecular complexity index is 325. The molecule has 1 N–H and O–H groups in total. The molecule has 0 radical (unpaired) electrons. The summed E-state index contributed by atoms with van der Waals surface area (Å²) in [5, 5.41) is 3.46. The summed E-state index contributed by atoms with van der Waals surface area (Å²) in [7, 11) is 1.63. The molecule has 1 saturated carbocycles. The first-order valence-corrected chi connectivity index (χ1v) is 8.17. The SMILES string of the molecule is CCOC1CC(NCCN(CCOC)C(=O)OC(C)(C)C)C1. The number of ether oxygens (including phenoxy) is 3. The van der Waals surface area contributed by atoms with Gasteiger partial charge in [-0.3, -0.25) is 0 Å². The van der Waals surface area contributed by atoms with Crippen LogP contribution in [0.4, 0.5) is 4.79 Å². The van der Waals surface area contributed by atoms with Crippen molar-refractivity contribution in [3.63, 3.8) is 0 Å². The highest BCUT2D eigenvalue weighted by Gasteiger charge is 2.29. The molecule has 0 unspecified atom stereocenters. The van der Waals surface area contributed by atoms with E-state index < -0.39 is 5.60 Å². The summed E-state index contributed by atoms with van der Waals surface area (Å²) in [4.78, 5) is 13.9. The maximum atomic E-state index is 12.2. The number of nitrogens with zero attached hydrogens (tertiary/aromatic N) is 1. The first kappa shape index (κ1) is 19.2. The van der Waals surface area contributed by atoms with Crippen LogP contribution in [0.2, 0.25) is 0 Å². The number of rotatable bonds is 9. The second kappa shape index (κ2) is 9.33. The number of methoxy groups -OCH3 is 1. The van der Waals surface area contributed by atoms with E-state index in [-0.39, 0.29) is 6.09 Å². The molecule has 1 aliphatic carbocycles. The largest absolute Gasteiger partial charge is 0.444 e. The van der Waals surface area contributed by atoms with Crippen molar-refractivity contribution in [3.8, 4) is 0 Å². The summed E-state index contributed by atoms with van der Waals surface area (Å²) in [6.45, 7) is 10.9. The highest BCUT2D eigenvalue weighted by atomic mass is 16.6. The van der Waals surface area contributed by atoms with Gasteiger partial charge in [0.2, 0.25) is 0 Å². The number of hydrogen-bond acceptors (Lipinski definition) is 5. The van der Waals surface area contributed by atoms with E-state index in [0.29, 0.717) is 31.8 Å². The number of hydrogen-bond donors (Lipinski definition) is 1. The topological polar surface area (TPSA) is 60.0 Å². The van der Waals surface area contributed by atoms with E-state index in [1.807, 2.05) is 27.7 Å². The number of carbonyl (C=O) groups excluding carboxylic acids is 1. The molecular weight excluding hydrogens is 284 g/mol. The van der Waals surface area contributed by atoms with Crippen molar-refractivity contribution in [2.45, 2.75) is 58.3 Å². The molecule has 1 aliphatic rings. The van der Waals surface area contributed by atoms with E-state index in [9.17, 15) is 4.79 Å². The Morgan fingerprint density at radius 1 is 1.27 bits per heavy atom. The van der Waals surface area contributed by atoms with Gasteiger partial charge < -0.3 is 24.4 Å². The molecule has 1 rings (SSSR count). The van der Waals surface area contributed by atoms with Crippen LogP contribution in [0.25, 0.3) is 0 Å². The highest BCUT2D eigenvalue weighted by molar-refractivity contribution is 5.68. The van der Waals surface area contributed by atoms with Crippen LogP contribution in [0, 0.1) is 0 Å². The van der Waals surface area contributed by atoms with Gasteiger partial charge in [-0.1, -0.05) is 0 Å². The Hall–Kier alpha value is -0.850. The van der Waals surface area contributed by atoms with Gasteiger partial charge >= 0.3 is 6.09 Å². The first-order valence-electron chi connectivity index (χ1n) is 8.17. The lowest BCUT2D eigenvalue weighted by Crippen LogP contribution is -2.49. The zero-order valence-corrected chi connectivity index (χ0v) is 14.7. The van der Waals surface area contributed by atoms with Crippen molar-refractivity contribution in [2.75, 3.05) is 40.0 Å². The molecule has 22 heavy (non-hydrogen) atoms. The number of amides is 1. The second-order valence-corrected chi connectivity index (χ2v) is 6.66. The van der Waals surface area contributed by atoms with Crippen LogP contribution in [0.5, 0.6) is 0 Å². The molecule has 0 spiro atoms. The second-order valence-electron chi connectivity index (χ2n) is 6.66. The third kappa shape index (κ3) is 7.42. The van der Waals surface area contributed by atoms with Crippen molar-refractivity contribution in [1.82, 2.24) is 10.2 Å². The molecule has 6 heteroatoms. The van der Waals surface area contributed by atoms with Crippen LogP contribution in [-0.4, -0.2) is 68.7 Å². The van der Waals surface area contributed by atoms with Gasteiger partial charge in [0.25, 0.3) is 0 Å². The van der Waals surface area contributed by atoms with Crippen LogP contribution in [0.3, 0.4) is 0 Å². The van der Waals surface area contributed by atoms with E-state index in [0.717, 1.165) is 26.0 Å². The molecule has 0 heterocycles. The average Bonchev–Trinajstić information content (AvgIpc) is 2.37. The van der Waals surface area contributed by atoms with E-state index in [1.54, 1.807) is 12.0 Å². The monoisotopic (exact) mass is 316 g/mol. The van der Waals surface area contributed by atoms with Gasteiger partial charge in [0.05, 0.1) is 12.7 Å². The van der Waals surface area contributed by atoms with Gasteiger partial charge in [-0.15, -0.1) is 0 Å². The zero-order chi connectivity index (χ0) is 16.6. The first-order chi connectivity index (χ1) is 10.4. The fourth-order valence-corrected chi connectivity index (χ4v) is 2.33. The van der Waals surface area contributed by atoms with Crippen LogP contribution in [0.15, 0.2) is 0 Å². The third-order valence-corrected chi connectivity index (χ3v) is 3.53. The van der Waals surface area contributed by atoms with Gasteiger partial charge in [0.1, 0.15) is 5.60 Å². The Kier molecular flexibility index (Phi) is 8.14. The fraction of sp³-hybridized carbons (Fsp3) is 0.938. The Morgan fingerprint density at radius 3 is 2.50 bits per heavy atom. The van der Waals surface area contributed by atoms with Crippen molar-refractivity contribution < 1.29 is 19.0 Å². The van der Waals surface area contributed by atoms with E-state index in [1.165, 1.54) is 0 Å². The molecule has 1 amide bonds. The van der Waals surface area contributed by atoms with Gasteiger partial charge in [-0.2, -0.15) is 0 Å². The summed E-state index contributed by atoms with van der Waals surface area (Å²) in [6.07, 6.45) is 2.22. The van der Waals surface area contributed by atoms with Crippen molar-refractivity contribution in [1.29, 1.82) is 0 Å². The minimum atomic E-state index is -0.478. The molecule has 0 aromatic heterocycles. The number of nitrogens with one attached hydrogen (secondary N) is 1. The Morgan fingerprint density at radius 2 is 1.95 bits per heavy atom. The summed E-state index contributed by atoms with van der Waals surface area (Å²) >= 11 is 0. The van der Waals surface area contributed by atoms with Crippen LogP contribution in [-0.2, 0) is 14.2 Å². The smallest absolute Gasteiger partial charge is 0.410 e. The predicted octanol–water partition coefficient (Wildman–Crippen LogP) is 2.03. The molecule has 130 valence electrons. The highest BCUT2D eigenvalue weighted by Crippen LogP contribution is 2.22. The van der Waals surface area contributed by atoms with Crippen LogP contribution >= 0.6 is 0 Å². The van der Waals surface area contributed by atoms with Gasteiger partial charge in [0.15, 0.2) is 0 Å². The molecular formula is C16H32N2O4. The van der Waals surface area contributed by atoms with Crippen molar-refractivity contribution in [2.24, 2.45) is 0 Å². The summed E-state index contributed by atoms with van der Waals surface area (Å²) in [5.41, 5.74) is -0.478. The Labute approximate surface area is 134 Å². The van der Waals surface area contributed by atoms with E-state index in [4.69, 9.17) is 14.2 Å². The normalized spacial score (nSPS) is 21.3. The van der Waals surface area contributed by atoms with Gasteiger partial charge in [-0.05, 0) is 40.5 Å². The molecule has 0 atom stereocenters. The molecule has 0 aromatic rings. The number of carbonyl (C=O) groups is 1. The van der Waals surface area contributed by atoms with Crippen LogP contribution < -0.4 is 5.32 Å². The van der Waals surface area contributed by atoms with E-state index >= 15 is 0 Å². The maximum absolute atomic E-state index is 12.2. The molecule has 0 aromatic carbocycles. The third-order valence-electron chi connectivity index (χ3n) is 3.53. The average molecular weight is 316 g/mol. The molecule has 0 aliphatic heterocycles. The Balaban J connectivity index is 2.28. The molecule has 1 fully saturated rings. The predicted molar refractivity (Wildman–Crippen MR) is 86.1 cm³/mol. The summed E-state index contributed by atoms with van der Waals surface area (Å²) in [5.74, 6) is 0. The minimum absolute atomic E-state index is 0.285. The van der Waals surface area contributed by atoms with Crippen molar-refractivity contribution in [3.05, 3.63) is 0 Å². The fourth-order valence-electron chi connectivity index (χ4n) is 2.33. The standard InChI is InChI=1S/C16H32N2O4/c1-6-21-14-11-13(12-14)17-7-8-18(9-10-20-5)15(19)22-16(2,3)4/h13-14,17H,6-12H2,1-5H3. The van der Waals surface area contributed by atoms with Gasteiger partial charge in [-0.25, -0.2) is 4.79 Å². The molecule has 0 saturated heterocycles. The van der Waals surface area contributed by atoms with E-state index in [2.05, 4.69) is 5.32 Å². The molecule has 6 nitrogen and oxygen atoms in total. The van der Waals surface area contributed by atoms with Crippen molar-refractivity contribution >= 4 is 6.09 Å².